The first kappa shape index (κ1) is 15.2. The second-order valence-corrected chi connectivity index (χ2v) is 5.60. The second-order valence-electron chi connectivity index (χ2n) is 5.60. The number of amidine groups is 1. The Labute approximate surface area is 126 Å². The van der Waals surface area contributed by atoms with Crippen LogP contribution in [0.15, 0.2) is 41.9 Å². The summed E-state index contributed by atoms with van der Waals surface area (Å²) in [6.07, 6.45) is 2.19. The minimum atomic E-state index is 0.0557. The van der Waals surface area contributed by atoms with Crippen LogP contribution in [0.4, 0.5) is 5.69 Å². The molecule has 110 valence electrons. The van der Waals surface area contributed by atoms with Crippen molar-refractivity contribution in [3.8, 4) is 0 Å². The molecule has 1 aliphatic rings. The fourth-order valence-electron chi connectivity index (χ4n) is 2.77. The summed E-state index contributed by atoms with van der Waals surface area (Å²) in [4.78, 5) is 17.5. The average Bonchev–Trinajstić information content (AvgIpc) is 2.43. The van der Waals surface area contributed by atoms with Crippen molar-refractivity contribution in [2.24, 2.45) is 4.99 Å². The molecule has 0 saturated heterocycles. The van der Waals surface area contributed by atoms with Gasteiger partial charge in [-0.25, -0.2) is 4.99 Å². The van der Waals surface area contributed by atoms with Crippen molar-refractivity contribution in [2.75, 3.05) is 0 Å². The van der Waals surface area contributed by atoms with Crippen LogP contribution in [-0.4, -0.2) is 23.1 Å². The predicted molar refractivity (Wildman–Crippen MR) is 88.7 cm³/mol. The third-order valence-electron chi connectivity index (χ3n) is 3.82. The Balaban J connectivity index is 2.43. The number of carbonyl (C=O) groups excluding carboxylic acids is 1. The highest BCUT2D eigenvalue weighted by Crippen LogP contribution is 2.36. The fourth-order valence-corrected chi connectivity index (χ4v) is 2.77. The highest BCUT2D eigenvalue weighted by atomic mass is 16.1. The Morgan fingerprint density at radius 2 is 2.14 bits per heavy atom. The Morgan fingerprint density at radius 3 is 2.76 bits per heavy atom. The van der Waals surface area contributed by atoms with Crippen LogP contribution in [0.3, 0.4) is 0 Å². The number of fused-ring (bicyclic) bond motifs is 1. The largest absolute Gasteiger partial charge is 0.323 e. The molecule has 21 heavy (non-hydrogen) atoms. The smallest absolute Gasteiger partial charge is 0.120 e. The molecule has 1 unspecified atom stereocenters. The third kappa shape index (κ3) is 2.97. The summed E-state index contributed by atoms with van der Waals surface area (Å²) in [5.74, 6) is 0.898. The van der Waals surface area contributed by atoms with Crippen LogP contribution in [-0.2, 0) is 4.79 Å². The molecule has 0 saturated carbocycles. The van der Waals surface area contributed by atoms with Crippen LogP contribution in [0.2, 0.25) is 0 Å². The number of benzene rings is 1. The van der Waals surface area contributed by atoms with E-state index in [-0.39, 0.29) is 6.04 Å². The van der Waals surface area contributed by atoms with Crippen LogP contribution < -0.4 is 0 Å². The minimum absolute atomic E-state index is 0.0557. The number of aldehydes is 1. The molecule has 0 N–H and O–H groups in total. The Bertz CT molecular complexity index is 628. The van der Waals surface area contributed by atoms with Crippen molar-refractivity contribution in [3.05, 3.63) is 48.1 Å². The van der Waals surface area contributed by atoms with Gasteiger partial charge in [-0.2, -0.15) is 0 Å². The zero-order valence-electron chi connectivity index (χ0n) is 13.0. The first-order valence-electron chi connectivity index (χ1n) is 7.19. The maximum absolute atomic E-state index is 10.7. The van der Waals surface area contributed by atoms with Crippen molar-refractivity contribution in [1.82, 2.24) is 4.90 Å². The standard InChI is InChI=1S/C18H22N2O/c1-12(2)18(7-6-10-21)20-14(4)16-11-13(3)8-9-17(16)19-15(20)5/h8-11,18H,1,4,6-7H2,2-3,5H3. The third-order valence-corrected chi connectivity index (χ3v) is 3.82. The molecule has 0 bridgehead atoms. The van der Waals surface area contributed by atoms with E-state index in [9.17, 15) is 4.79 Å². The number of aryl methyl sites for hydroxylation is 1. The maximum Gasteiger partial charge on any atom is 0.120 e. The van der Waals surface area contributed by atoms with E-state index in [0.717, 1.165) is 41.1 Å². The van der Waals surface area contributed by atoms with Gasteiger partial charge >= 0.3 is 0 Å². The molecule has 0 amide bonds. The predicted octanol–water partition coefficient (Wildman–Crippen LogP) is 4.26. The van der Waals surface area contributed by atoms with E-state index >= 15 is 0 Å². The quantitative estimate of drug-likeness (QED) is 0.597. The lowest BCUT2D eigenvalue weighted by Gasteiger charge is -2.38. The van der Waals surface area contributed by atoms with Gasteiger partial charge in [0.2, 0.25) is 0 Å². The van der Waals surface area contributed by atoms with Crippen LogP contribution in [0.5, 0.6) is 0 Å². The molecular weight excluding hydrogens is 260 g/mol. The molecule has 0 aliphatic carbocycles. The van der Waals surface area contributed by atoms with Gasteiger partial charge in [0, 0.05) is 17.7 Å². The van der Waals surface area contributed by atoms with Crippen molar-refractivity contribution in [2.45, 2.75) is 39.7 Å². The summed E-state index contributed by atoms with van der Waals surface area (Å²) >= 11 is 0. The summed E-state index contributed by atoms with van der Waals surface area (Å²) in [5.41, 5.74) is 5.14. The first-order valence-corrected chi connectivity index (χ1v) is 7.19. The van der Waals surface area contributed by atoms with Gasteiger partial charge in [-0.05, 0) is 39.3 Å². The van der Waals surface area contributed by atoms with E-state index in [4.69, 9.17) is 0 Å². The number of hydrogen-bond acceptors (Lipinski definition) is 3. The fraction of sp³-hybridized carbons (Fsp3) is 0.333. The SMILES string of the molecule is C=C(C)C(CCC=O)N1C(=C)c2cc(C)ccc2N=C1C. The van der Waals surface area contributed by atoms with E-state index in [1.54, 1.807) is 0 Å². The Morgan fingerprint density at radius 1 is 1.43 bits per heavy atom. The zero-order valence-corrected chi connectivity index (χ0v) is 13.0. The van der Waals surface area contributed by atoms with Gasteiger partial charge in [-0.3, -0.25) is 0 Å². The summed E-state index contributed by atoms with van der Waals surface area (Å²) in [6, 6.07) is 6.25. The van der Waals surface area contributed by atoms with Crippen molar-refractivity contribution in [3.63, 3.8) is 0 Å². The lowest BCUT2D eigenvalue weighted by molar-refractivity contribution is -0.108. The summed E-state index contributed by atoms with van der Waals surface area (Å²) in [7, 11) is 0. The van der Waals surface area contributed by atoms with Crippen LogP contribution >= 0.6 is 0 Å². The molecule has 0 aromatic heterocycles. The lowest BCUT2D eigenvalue weighted by Crippen LogP contribution is -2.39. The number of nitrogens with zero attached hydrogens (tertiary/aromatic N) is 2. The van der Waals surface area contributed by atoms with Crippen molar-refractivity contribution in [1.29, 1.82) is 0 Å². The van der Waals surface area contributed by atoms with Gasteiger partial charge in [0.15, 0.2) is 0 Å². The van der Waals surface area contributed by atoms with Gasteiger partial charge in [-0.15, -0.1) is 0 Å². The summed E-state index contributed by atoms with van der Waals surface area (Å²) in [6.45, 7) is 14.4. The topological polar surface area (TPSA) is 32.7 Å². The first-order chi connectivity index (χ1) is 9.95. The van der Waals surface area contributed by atoms with Crippen molar-refractivity contribution >= 4 is 23.5 Å². The Kier molecular flexibility index (Phi) is 4.41. The maximum atomic E-state index is 10.7. The Hall–Kier alpha value is -2.16. The van der Waals surface area contributed by atoms with E-state index in [1.807, 2.05) is 19.9 Å². The van der Waals surface area contributed by atoms with E-state index in [0.29, 0.717) is 6.42 Å². The molecule has 1 aromatic carbocycles. The van der Waals surface area contributed by atoms with Gasteiger partial charge in [0.25, 0.3) is 0 Å². The monoisotopic (exact) mass is 282 g/mol. The molecule has 1 atom stereocenters. The van der Waals surface area contributed by atoms with Crippen LogP contribution in [0, 0.1) is 6.92 Å². The highest BCUT2D eigenvalue weighted by Gasteiger charge is 2.27. The molecule has 0 radical (unpaired) electrons. The molecular formula is C18H22N2O. The molecule has 2 rings (SSSR count). The molecule has 0 fully saturated rings. The number of carbonyl (C=O) groups is 1. The van der Waals surface area contributed by atoms with Gasteiger partial charge < -0.3 is 9.69 Å². The lowest BCUT2D eigenvalue weighted by atomic mass is 9.98. The second kappa shape index (κ2) is 6.08. The van der Waals surface area contributed by atoms with Crippen molar-refractivity contribution < 1.29 is 4.79 Å². The normalized spacial score (nSPS) is 15.3. The van der Waals surface area contributed by atoms with Crippen LogP contribution in [0.1, 0.15) is 37.8 Å². The number of rotatable bonds is 5. The van der Waals surface area contributed by atoms with Crippen LogP contribution in [0.25, 0.3) is 5.70 Å². The van der Waals surface area contributed by atoms with Gasteiger partial charge in [-0.1, -0.05) is 30.4 Å². The zero-order chi connectivity index (χ0) is 15.6. The molecule has 3 heteroatoms. The van der Waals surface area contributed by atoms with E-state index in [1.165, 1.54) is 5.56 Å². The van der Waals surface area contributed by atoms with Gasteiger partial charge in [0.05, 0.1) is 11.7 Å². The molecule has 0 spiro atoms. The average molecular weight is 282 g/mol. The molecule has 1 aliphatic heterocycles. The highest BCUT2D eigenvalue weighted by molar-refractivity contribution is 5.97. The minimum Gasteiger partial charge on any atom is -0.323 e. The molecule has 1 heterocycles. The van der Waals surface area contributed by atoms with E-state index in [2.05, 4.69) is 42.1 Å². The number of aliphatic imine (C=N–C) groups is 1. The summed E-state index contributed by atoms with van der Waals surface area (Å²) < 4.78 is 0. The molecule has 1 aromatic rings. The summed E-state index contributed by atoms with van der Waals surface area (Å²) in [5, 5.41) is 0. The van der Waals surface area contributed by atoms with Gasteiger partial charge in [0.1, 0.15) is 12.1 Å². The molecule has 3 nitrogen and oxygen atoms in total. The number of hydrogen-bond donors (Lipinski definition) is 0. The van der Waals surface area contributed by atoms with E-state index < -0.39 is 0 Å².